The average Bonchev–Trinajstić information content (AvgIpc) is 2.30. The lowest BCUT2D eigenvalue weighted by atomic mass is 10.0. The molecule has 2 atom stereocenters. The molecule has 4 nitrogen and oxygen atoms in total. The Labute approximate surface area is 107 Å². The average molecular weight is 312 g/mol. The number of methoxy groups -OCH3 is 1. The maximum Gasteiger partial charge on any atom is 0.172 e. The van der Waals surface area contributed by atoms with E-state index in [1.165, 1.54) is 19.2 Å². The fourth-order valence-corrected chi connectivity index (χ4v) is 1.86. The van der Waals surface area contributed by atoms with Crippen molar-refractivity contribution >= 4 is 27.5 Å². The van der Waals surface area contributed by atoms with Crippen LogP contribution in [0.15, 0.2) is 16.6 Å². The normalized spacial score (nSPS) is 14.6. The van der Waals surface area contributed by atoms with Crippen LogP contribution in [-0.4, -0.2) is 34.4 Å². The number of phenols is 1. The molecule has 1 aromatic carbocycles. The first kappa shape index (κ1) is 13.6. The van der Waals surface area contributed by atoms with E-state index in [1.807, 2.05) is 0 Å². The molecule has 0 bridgehead atoms. The van der Waals surface area contributed by atoms with Gasteiger partial charge in [0, 0.05) is 0 Å². The molecule has 0 spiro atoms. The second-order valence-electron chi connectivity index (χ2n) is 3.22. The van der Waals surface area contributed by atoms with Crippen LogP contribution in [0.4, 0.5) is 0 Å². The zero-order valence-electron chi connectivity index (χ0n) is 8.52. The molecule has 0 aliphatic rings. The fraction of sp³-hybridized carbons (Fsp3) is 0.400. The number of halogens is 2. The third-order valence-electron chi connectivity index (χ3n) is 2.13. The Morgan fingerprint density at radius 1 is 1.44 bits per heavy atom. The Balaban J connectivity index is 3.10. The smallest absolute Gasteiger partial charge is 0.172 e. The van der Waals surface area contributed by atoms with Crippen LogP contribution in [0.5, 0.6) is 11.5 Å². The quantitative estimate of drug-likeness (QED) is 0.742. The van der Waals surface area contributed by atoms with Crippen molar-refractivity contribution in [3.63, 3.8) is 0 Å². The molecule has 0 fully saturated rings. The number of aliphatic hydroxyl groups is 2. The Morgan fingerprint density at radius 3 is 2.56 bits per heavy atom. The number of ether oxygens (including phenoxy) is 1. The highest BCUT2D eigenvalue weighted by Crippen LogP contribution is 2.37. The van der Waals surface area contributed by atoms with Crippen LogP contribution in [0.2, 0.25) is 0 Å². The molecule has 90 valence electrons. The van der Waals surface area contributed by atoms with E-state index in [2.05, 4.69) is 15.9 Å². The fourth-order valence-electron chi connectivity index (χ4n) is 1.23. The highest BCUT2D eigenvalue weighted by atomic mass is 79.9. The maximum atomic E-state index is 9.73. The summed E-state index contributed by atoms with van der Waals surface area (Å²) < 4.78 is 5.30. The zero-order valence-corrected chi connectivity index (χ0v) is 10.9. The molecule has 0 saturated carbocycles. The van der Waals surface area contributed by atoms with Gasteiger partial charge in [-0.15, -0.1) is 11.6 Å². The van der Waals surface area contributed by atoms with Gasteiger partial charge in [-0.1, -0.05) is 0 Å². The van der Waals surface area contributed by atoms with Gasteiger partial charge in [0.05, 0.1) is 23.6 Å². The summed E-state index contributed by atoms with van der Waals surface area (Å²) in [5.74, 6) is 0.0751. The van der Waals surface area contributed by atoms with Crippen molar-refractivity contribution in [3.8, 4) is 11.5 Å². The molecule has 6 heteroatoms. The molecule has 0 heterocycles. The van der Waals surface area contributed by atoms with E-state index < -0.39 is 12.2 Å². The molecule has 0 radical (unpaired) electrons. The Hall–Kier alpha value is -0.490. The monoisotopic (exact) mass is 310 g/mol. The minimum Gasteiger partial charge on any atom is -0.503 e. The van der Waals surface area contributed by atoms with Crippen LogP contribution < -0.4 is 4.74 Å². The molecule has 16 heavy (non-hydrogen) atoms. The number of phenolic OH excluding ortho intramolecular Hbond substituents is 1. The van der Waals surface area contributed by atoms with Gasteiger partial charge in [0.25, 0.3) is 0 Å². The number of benzene rings is 1. The predicted octanol–water partition coefficient (Wildman–Crippen LogP) is 1.80. The highest BCUT2D eigenvalue weighted by molar-refractivity contribution is 9.10. The lowest BCUT2D eigenvalue weighted by Gasteiger charge is -2.17. The number of alkyl halides is 1. The van der Waals surface area contributed by atoms with E-state index in [1.54, 1.807) is 0 Å². The van der Waals surface area contributed by atoms with Crippen molar-refractivity contribution in [1.29, 1.82) is 0 Å². The van der Waals surface area contributed by atoms with Gasteiger partial charge >= 0.3 is 0 Å². The van der Waals surface area contributed by atoms with Crippen molar-refractivity contribution in [2.45, 2.75) is 12.2 Å². The summed E-state index contributed by atoms with van der Waals surface area (Å²) in [6.07, 6.45) is -2.19. The Kier molecular flexibility index (Phi) is 4.86. The predicted molar refractivity (Wildman–Crippen MR) is 64.0 cm³/mol. The van der Waals surface area contributed by atoms with E-state index >= 15 is 0 Å². The second-order valence-corrected chi connectivity index (χ2v) is 4.38. The maximum absolute atomic E-state index is 9.73. The first-order valence-electron chi connectivity index (χ1n) is 4.49. The SMILES string of the molecule is COc1cc(C(O)C(O)CCl)cc(Br)c1O. The summed E-state index contributed by atoms with van der Waals surface area (Å²) in [7, 11) is 1.40. The lowest BCUT2D eigenvalue weighted by molar-refractivity contribution is 0.0325. The van der Waals surface area contributed by atoms with E-state index in [4.69, 9.17) is 16.3 Å². The van der Waals surface area contributed by atoms with Crippen molar-refractivity contribution in [1.82, 2.24) is 0 Å². The minimum absolute atomic E-state index is 0.0567. The van der Waals surface area contributed by atoms with Gasteiger partial charge in [-0.05, 0) is 33.6 Å². The van der Waals surface area contributed by atoms with Crippen molar-refractivity contribution < 1.29 is 20.1 Å². The summed E-state index contributed by atoms with van der Waals surface area (Å²) in [4.78, 5) is 0. The van der Waals surface area contributed by atoms with Gasteiger partial charge in [-0.25, -0.2) is 0 Å². The van der Waals surface area contributed by atoms with E-state index in [0.717, 1.165) is 0 Å². The lowest BCUT2D eigenvalue weighted by Crippen LogP contribution is -2.19. The standard InChI is InChI=1S/C10H12BrClO4/c1-16-8-3-5(2-6(11)10(8)15)9(14)7(13)4-12/h2-3,7,9,13-15H,4H2,1H3. The van der Waals surface area contributed by atoms with E-state index in [-0.39, 0.29) is 17.4 Å². The van der Waals surface area contributed by atoms with Crippen LogP contribution in [0.25, 0.3) is 0 Å². The number of hydrogen-bond donors (Lipinski definition) is 3. The number of aliphatic hydroxyl groups excluding tert-OH is 2. The molecule has 1 aromatic rings. The van der Waals surface area contributed by atoms with Crippen LogP contribution in [-0.2, 0) is 0 Å². The van der Waals surface area contributed by atoms with Gasteiger partial charge in [0.1, 0.15) is 6.10 Å². The number of rotatable bonds is 4. The van der Waals surface area contributed by atoms with E-state index in [0.29, 0.717) is 10.0 Å². The molecule has 0 amide bonds. The summed E-state index contributed by atoms with van der Waals surface area (Å²) in [6.45, 7) is 0. The largest absolute Gasteiger partial charge is 0.503 e. The van der Waals surface area contributed by atoms with Crippen LogP contribution in [0.3, 0.4) is 0 Å². The topological polar surface area (TPSA) is 69.9 Å². The third kappa shape index (κ3) is 2.79. The zero-order chi connectivity index (χ0) is 12.3. The van der Waals surface area contributed by atoms with Crippen LogP contribution in [0.1, 0.15) is 11.7 Å². The first-order valence-corrected chi connectivity index (χ1v) is 5.82. The number of hydrogen-bond acceptors (Lipinski definition) is 4. The molecule has 1 rings (SSSR count). The van der Waals surface area contributed by atoms with Crippen molar-refractivity contribution in [2.24, 2.45) is 0 Å². The Bertz CT molecular complexity index is 372. The first-order chi connectivity index (χ1) is 7.51. The molecule has 0 saturated heterocycles. The van der Waals surface area contributed by atoms with Crippen LogP contribution in [0, 0.1) is 0 Å². The van der Waals surface area contributed by atoms with Gasteiger partial charge < -0.3 is 20.1 Å². The van der Waals surface area contributed by atoms with Crippen molar-refractivity contribution in [3.05, 3.63) is 22.2 Å². The summed E-state index contributed by atoms with van der Waals surface area (Å²) in [5.41, 5.74) is 0.412. The van der Waals surface area contributed by atoms with E-state index in [9.17, 15) is 15.3 Å². The summed E-state index contributed by atoms with van der Waals surface area (Å²) in [6, 6.07) is 2.94. The van der Waals surface area contributed by atoms with Gasteiger partial charge in [-0.3, -0.25) is 0 Å². The van der Waals surface area contributed by atoms with Crippen LogP contribution >= 0.6 is 27.5 Å². The van der Waals surface area contributed by atoms with Gasteiger partial charge in [-0.2, -0.15) is 0 Å². The third-order valence-corrected chi connectivity index (χ3v) is 3.06. The molecule has 2 unspecified atom stereocenters. The second kappa shape index (κ2) is 5.72. The molecule has 0 aliphatic heterocycles. The molecule has 0 aromatic heterocycles. The molecule has 0 aliphatic carbocycles. The van der Waals surface area contributed by atoms with Crippen molar-refractivity contribution in [2.75, 3.05) is 13.0 Å². The molecular formula is C10H12BrClO4. The summed E-state index contributed by atoms with van der Waals surface area (Å²) in [5, 5.41) is 28.7. The minimum atomic E-state index is -1.12. The number of aromatic hydroxyl groups is 1. The van der Waals surface area contributed by atoms with Gasteiger partial charge in [0.15, 0.2) is 11.5 Å². The molecule has 3 N–H and O–H groups in total. The highest BCUT2D eigenvalue weighted by Gasteiger charge is 2.20. The summed E-state index contributed by atoms with van der Waals surface area (Å²) >= 11 is 8.56. The Morgan fingerprint density at radius 2 is 2.06 bits per heavy atom. The van der Waals surface area contributed by atoms with Gasteiger partial charge in [0.2, 0.25) is 0 Å². The molecular weight excluding hydrogens is 299 g/mol.